The van der Waals surface area contributed by atoms with Gasteiger partial charge in [0.25, 0.3) is 0 Å². The summed E-state index contributed by atoms with van der Waals surface area (Å²) in [4.78, 5) is 12.1. The molecule has 0 bridgehead atoms. The van der Waals surface area contributed by atoms with Gasteiger partial charge in [0.15, 0.2) is 5.76 Å². The SMILES string of the molecule is COc1cccc(NC(=O)Cc2cc(-c3ccc(F)cc3)on2)c1. The minimum Gasteiger partial charge on any atom is -0.497 e. The summed E-state index contributed by atoms with van der Waals surface area (Å²) >= 11 is 0. The van der Waals surface area contributed by atoms with E-state index in [1.54, 1.807) is 49.6 Å². The van der Waals surface area contributed by atoms with Gasteiger partial charge in [0.05, 0.1) is 19.2 Å². The first-order valence-corrected chi connectivity index (χ1v) is 7.29. The highest BCUT2D eigenvalue weighted by atomic mass is 19.1. The van der Waals surface area contributed by atoms with E-state index in [2.05, 4.69) is 10.5 Å². The molecule has 0 fully saturated rings. The Labute approximate surface area is 138 Å². The van der Waals surface area contributed by atoms with Crippen molar-refractivity contribution in [2.45, 2.75) is 6.42 Å². The van der Waals surface area contributed by atoms with Gasteiger partial charge in [0, 0.05) is 23.4 Å². The standard InChI is InChI=1S/C18H15FN2O3/c1-23-16-4-2-3-14(9-16)20-18(22)11-15-10-17(24-21-15)12-5-7-13(19)8-6-12/h2-10H,11H2,1H3,(H,20,22). The van der Waals surface area contributed by atoms with Crippen molar-refractivity contribution in [1.82, 2.24) is 5.16 Å². The third-order valence-electron chi connectivity index (χ3n) is 3.38. The Morgan fingerprint density at radius 2 is 2.00 bits per heavy atom. The van der Waals surface area contributed by atoms with Crippen molar-refractivity contribution in [1.29, 1.82) is 0 Å². The maximum absolute atomic E-state index is 12.9. The lowest BCUT2D eigenvalue weighted by Crippen LogP contribution is -2.14. The summed E-state index contributed by atoms with van der Waals surface area (Å²) in [5, 5.41) is 6.65. The zero-order valence-corrected chi connectivity index (χ0v) is 13.0. The fourth-order valence-electron chi connectivity index (χ4n) is 2.22. The van der Waals surface area contributed by atoms with Crippen LogP contribution in [-0.2, 0) is 11.2 Å². The second-order valence-electron chi connectivity index (χ2n) is 5.15. The van der Waals surface area contributed by atoms with Gasteiger partial charge in [-0.05, 0) is 36.4 Å². The van der Waals surface area contributed by atoms with Gasteiger partial charge in [-0.15, -0.1) is 0 Å². The number of aromatic nitrogens is 1. The van der Waals surface area contributed by atoms with Crippen molar-refractivity contribution in [3.8, 4) is 17.1 Å². The third-order valence-corrected chi connectivity index (χ3v) is 3.38. The summed E-state index contributed by atoms with van der Waals surface area (Å²) in [5.74, 6) is 0.602. The minimum absolute atomic E-state index is 0.0713. The molecule has 2 aromatic carbocycles. The fourth-order valence-corrected chi connectivity index (χ4v) is 2.22. The summed E-state index contributed by atoms with van der Waals surface area (Å²) < 4.78 is 23.2. The fraction of sp³-hybridized carbons (Fsp3) is 0.111. The molecule has 3 aromatic rings. The van der Waals surface area contributed by atoms with Gasteiger partial charge in [-0.1, -0.05) is 11.2 Å². The van der Waals surface area contributed by atoms with E-state index in [1.807, 2.05) is 0 Å². The molecular formula is C18H15FN2O3. The molecule has 0 saturated heterocycles. The quantitative estimate of drug-likeness (QED) is 0.777. The number of halogens is 1. The number of hydrogen-bond donors (Lipinski definition) is 1. The number of benzene rings is 2. The Morgan fingerprint density at radius 1 is 1.21 bits per heavy atom. The first kappa shape index (κ1) is 15.7. The number of nitrogens with one attached hydrogen (secondary N) is 1. The molecule has 1 aromatic heterocycles. The molecule has 6 heteroatoms. The smallest absolute Gasteiger partial charge is 0.230 e. The second kappa shape index (κ2) is 6.95. The van der Waals surface area contributed by atoms with Gasteiger partial charge in [-0.3, -0.25) is 4.79 Å². The number of amides is 1. The molecule has 1 N–H and O–H groups in total. The molecule has 3 rings (SSSR count). The number of hydrogen-bond acceptors (Lipinski definition) is 4. The normalized spacial score (nSPS) is 10.4. The van der Waals surface area contributed by atoms with Crippen molar-refractivity contribution in [2.75, 3.05) is 12.4 Å². The predicted molar refractivity (Wildman–Crippen MR) is 87.2 cm³/mol. The van der Waals surface area contributed by atoms with Crippen LogP contribution in [0.4, 0.5) is 10.1 Å². The third kappa shape index (κ3) is 3.78. The molecule has 0 atom stereocenters. The van der Waals surface area contributed by atoms with Crippen LogP contribution in [0.5, 0.6) is 5.75 Å². The van der Waals surface area contributed by atoms with Crippen molar-refractivity contribution in [3.63, 3.8) is 0 Å². The number of carbonyl (C=O) groups excluding carboxylic acids is 1. The average molecular weight is 326 g/mol. The molecule has 0 aliphatic rings. The maximum Gasteiger partial charge on any atom is 0.230 e. The molecule has 24 heavy (non-hydrogen) atoms. The van der Waals surface area contributed by atoms with E-state index in [1.165, 1.54) is 12.1 Å². The molecule has 0 spiro atoms. The molecule has 122 valence electrons. The van der Waals surface area contributed by atoms with Crippen molar-refractivity contribution in [3.05, 3.63) is 66.1 Å². The maximum atomic E-state index is 12.9. The van der Waals surface area contributed by atoms with Crippen LogP contribution in [0, 0.1) is 5.82 Å². The molecule has 0 saturated carbocycles. The van der Waals surface area contributed by atoms with Crippen molar-refractivity contribution < 1.29 is 18.4 Å². The van der Waals surface area contributed by atoms with E-state index < -0.39 is 0 Å². The zero-order valence-electron chi connectivity index (χ0n) is 13.0. The average Bonchev–Trinajstić information content (AvgIpc) is 3.04. The summed E-state index contributed by atoms with van der Waals surface area (Å²) in [6.45, 7) is 0. The van der Waals surface area contributed by atoms with Crippen molar-refractivity contribution >= 4 is 11.6 Å². The molecule has 0 aliphatic carbocycles. The van der Waals surface area contributed by atoms with Crippen molar-refractivity contribution in [2.24, 2.45) is 0 Å². The van der Waals surface area contributed by atoms with E-state index in [9.17, 15) is 9.18 Å². The number of methoxy groups -OCH3 is 1. The van der Waals surface area contributed by atoms with E-state index in [-0.39, 0.29) is 18.1 Å². The highest BCUT2D eigenvalue weighted by Crippen LogP contribution is 2.21. The van der Waals surface area contributed by atoms with Gasteiger partial charge >= 0.3 is 0 Å². The van der Waals surface area contributed by atoms with Crippen LogP contribution in [0.1, 0.15) is 5.69 Å². The highest BCUT2D eigenvalue weighted by Gasteiger charge is 2.11. The first-order valence-electron chi connectivity index (χ1n) is 7.29. The van der Waals surface area contributed by atoms with E-state index >= 15 is 0 Å². The van der Waals surface area contributed by atoms with Crippen LogP contribution in [0.3, 0.4) is 0 Å². The molecule has 1 amide bonds. The Morgan fingerprint density at radius 3 is 2.75 bits per heavy atom. The second-order valence-corrected chi connectivity index (χ2v) is 5.15. The van der Waals surface area contributed by atoms with Crippen LogP contribution < -0.4 is 10.1 Å². The van der Waals surface area contributed by atoms with Crippen LogP contribution >= 0.6 is 0 Å². The lowest BCUT2D eigenvalue weighted by Gasteiger charge is -2.05. The van der Waals surface area contributed by atoms with E-state index in [0.717, 1.165) is 0 Å². The summed E-state index contributed by atoms with van der Waals surface area (Å²) in [5.41, 5.74) is 1.83. The Bertz CT molecular complexity index is 843. The number of rotatable bonds is 5. The Kier molecular flexibility index (Phi) is 4.56. The molecule has 0 aliphatic heterocycles. The molecule has 5 nitrogen and oxygen atoms in total. The number of ether oxygens (including phenoxy) is 1. The van der Waals surface area contributed by atoms with Gasteiger partial charge in [0.2, 0.25) is 5.91 Å². The summed E-state index contributed by atoms with van der Waals surface area (Å²) in [6.07, 6.45) is 0.0713. The summed E-state index contributed by atoms with van der Waals surface area (Å²) in [6, 6.07) is 14.6. The molecule has 0 unspecified atom stereocenters. The minimum atomic E-state index is -0.323. The van der Waals surface area contributed by atoms with Crippen LogP contribution in [-0.4, -0.2) is 18.2 Å². The summed E-state index contributed by atoms with van der Waals surface area (Å²) in [7, 11) is 1.56. The van der Waals surface area contributed by atoms with Gasteiger partial charge in [-0.25, -0.2) is 4.39 Å². The predicted octanol–water partition coefficient (Wildman–Crippen LogP) is 3.67. The zero-order chi connectivity index (χ0) is 16.9. The van der Waals surface area contributed by atoms with E-state index in [4.69, 9.17) is 9.26 Å². The van der Waals surface area contributed by atoms with Crippen LogP contribution in [0.25, 0.3) is 11.3 Å². The Hall–Kier alpha value is -3.15. The number of carbonyl (C=O) groups is 1. The topological polar surface area (TPSA) is 64.4 Å². The lowest BCUT2D eigenvalue weighted by molar-refractivity contribution is -0.115. The number of anilines is 1. The van der Waals surface area contributed by atoms with Gasteiger partial charge in [-0.2, -0.15) is 0 Å². The van der Waals surface area contributed by atoms with Crippen LogP contribution in [0.2, 0.25) is 0 Å². The van der Waals surface area contributed by atoms with Gasteiger partial charge in [0.1, 0.15) is 11.6 Å². The van der Waals surface area contributed by atoms with Crippen LogP contribution in [0.15, 0.2) is 59.1 Å². The monoisotopic (exact) mass is 326 g/mol. The number of nitrogens with zero attached hydrogens (tertiary/aromatic N) is 1. The van der Waals surface area contributed by atoms with Gasteiger partial charge < -0.3 is 14.6 Å². The molecular weight excluding hydrogens is 311 g/mol. The first-order chi connectivity index (χ1) is 11.6. The Balaban J connectivity index is 1.65. The van der Waals surface area contributed by atoms with E-state index in [0.29, 0.717) is 28.5 Å². The molecule has 0 radical (unpaired) electrons. The highest BCUT2D eigenvalue weighted by molar-refractivity contribution is 5.92. The largest absolute Gasteiger partial charge is 0.497 e. The molecule has 1 heterocycles. The lowest BCUT2D eigenvalue weighted by atomic mass is 10.1.